The fourth-order valence-electron chi connectivity index (χ4n) is 1.45. The Morgan fingerprint density at radius 1 is 1.33 bits per heavy atom. The summed E-state index contributed by atoms with van der Waals surface area (Å²) in [6, 6.07) is 3.71. The highest BCUT2D eigenvalue weighted by Crippen LogP contribution is 2.22. The summed E-state index contributed by atoms with van der Waals surface area (Å²) in [6.07, 6.45) is 2.45. The lowest BCUT2D eigenvalue weighted by Gasteiger charge is -2.07. The molecule has 0 atom stereocenters. The molecule has 0 amide bonds. The molecule has 0 unspecified atom stereocenters. The summed E-state index contributed by atoms with van der Waals surface area (Å²) in [4.78, 5) is 9.74. The molecule has 0 saturated carbocycles. The molecule has 1 aromatic carbocycles. The molecule has 1 rings (SSSR count). The minimum Gasteiger partial charge on any atom is -0.497 e. The van der Waals surface area contributed by atoms with Crippen LogP contribution in [0.5, 0.6) is 5.75 Å². The molecule has 0 aliphatic rings. The van der Waals surface area contributed by atoms with Crippen LogP contribution in [0.2, 0.25) is 0 Å². The van der Waals surface area contributed by atoms with Crippen LogP contribution in [0, 0.1) is 24.0 Å². The lowest BCUT2D eigenvalue weighted by molar-refractivity contribution is -0.400. The van der Waals surface area contributed by atoms with Gasteiger partial charge in [-0.25, -0.2) is 0 Å². The fourth-order valence-corrected chi connectivity index (χ4v) is 1.45. The van der Waals surface area contributed by atoms with Crippen molar-refractivity contribution < 1.29 is 9.66 Å². The van der Waals surface area contributed by atoms with Crippen LogP contribution in [0.3, 0.4) is 0 Å². The zero-order valence-electron chi connectivity index (χ0n) is 8.98. The second kappa shape index (κ2) is 4.59. The summed E-state index contributed by atoms with van der Waals surface area (Å²) in [5, 5.41) is 10.2. The molecule has 4 nitrogen and oxygen atoms in total. The highest BCUT2D eigenvalue weighted by atomic mass is 16.6. The number of rotatable bonds is 3. The molecule has 0 fully saturated rings. The summed E-state index contributed by atoms with van der Waals surface area (Å²) in [5.74, 6) is 0.767. The van der Waals surface area contributed by atoms with E-state index in [4.69, 9.17) is 4.74 Å². The Morgan fingerprint density at radius 3 is 2.27 bits per heavy atom. The van der Waals surface area contributed by atoms with E-state index in [1.807, 2.05) is 26.0 Å². The predicted octanol–water partition coefficient (Wildman–Crippen LogP) is 2.56. The van der Waals surface area contributed by atoms with Crippen molar-refractivity contribution in [2.24, 2.45) is 0 Å². The molecule has 0 heterocycles. The van der Waals surface area contributed by atoms with Crippen molar-refractivity contribution in [3.63, 3.8) is 0 Å². The van der Waals surface area contributed by atoms with Gasteiger partial charge in [-0.3, -0.25) is 10.1 Å². The third-order valence-corrected chi connectivity index (χ3v) is 2.17. The second-order valence-electron chi connectivity index (χ2n) is 3.28. The first-order valence-corrected chi connectivity index (χ1v) is 4.51. The van der Waals surface area contributed by atoms with E-state index >= 15 is 0 Å². The third-order valence-electron chi connectivity index (χ3n) is 2.17. The maximum Gasteiger partial charge on any atom is 0.235 e. The minimum absolute atomic E-state index is 0.469. The fraction of sp³-hybridized carbons (Fsp3) is 0.273. The van der Waals surface area contributed by atoms with Gasteiger partial charge in [-0.2, -0.15) is 0 Å². The van der Waals surface area contributed by atoms with Crippen LogP contribution in [-0.2, 0) is 0 Å². The van der Waals surface area contributed by atoms with E-state index in [0.29, 0.717) is 0 Å². The Kier molecular flexibility index (Phi) is 3.44. The maximum absolute atomic E-state index is 10.2. The van der Waals surface area contributed by atoms with Gasteiger partial charge in [0.15, 0.2) is 0 Å². The van der Waals surface area contributed by atoms with Gasteiger partial charge in [0, 0.05) is 6.08 Å². The highest BCUT2D eigenvalue weighted by molar-refractivity contribution is 5.58. The number of nitro groups is 1. The molecule has 0 bridgehead atoms. The molecule has 80 valence electrons. The van der Waals surface area contributed by atoms with Gasteiger partial charge in [-0.05, 0) is 42.7 Å². The Morgan fingerprint density at radius 2 is 1.87 bits per heavy atom. The largest absolute Gasteiger partial charge is 0.497 e. The monoisotopic (exact) mass is 207 g/mol. The van der Waals surface area contributed by atoms with Gasteiger partial charge in [0.1, 0.15) is 5.75 Å². The molecule has 0 aromatic heterocycles. The molecular formula is C11H13NO3. The quantitative estimate of drug-likeness (QED) is 0.565. The van der Waals surface area contributed by atoms with E-state index in [0.717, 1.165) is 28.6 Å². The maximum atomic E-state index is 10.2. The molecule has 0 radical (unpaired) electrons. The first kappa shape index (κ1) is 11.2. The molecule has 0 aliphatic heterocycles. The molecule has 1 aromatic rings. The summed E-state index contributed by atoms with van der Waals surface area (Å²) >= 11 is 0. The molecule has 0 spiro atoms. The SMILES string of the molecule is COc1cc(C)c(C=C[N+](=O)[O-])c(C)c1. The minimum atomic E-state index is -0.469. The number of aryl methyl sites for hydroxylation is 2. The van der Waals surface area contributed by atoms with E-state index in [1.54, 1.807) is 7.11 Å². The van der Waals surface area contributed by atoms with Gasteiger partial charge >= 0.3 is 0 Å². The van der Waals surface area contributed by atoms with Crippen LogP contribution in [0.25, 0.3) is 6.08 Å². The Balaban J connectivity index is 3.14. The van der Waals surface area contributed by atoms with E-state index < -0.39 is 4.92 Å². The van der Waals surface area contributed by atoms with Crippen LogP contribution < -0.4 is 4.74 Å². The van der Waals surface area contributed by atoms with Crippen molar-refractivity contribution in [3.8, 4) is 5.75 Å². The average Bonchev–Trinajstić information content (AvgIpc) is 2.15. The van der Waals surface area contributed by atoms with Crippen molar-refractivity contribution in [1.82, 2.24) is 0 Å². The van der Waals surface area contributed by atoms with Crippen LogP contribution in [-0.4, -0.2) is 12.0 Å². The summed E-state index contributed by atoms with van der Waals surface area (Å²) in [6.45, 7) is 3.80. The molecule has 15 heavy (non-hydrogen) atoms. The lowest BCUT2D eigenvalue weighted by atomic mass is 10.0. The van der Waals surface area contributed by atoms with Gasteiger partial charge in [0.05, 0.1) is 12.0 Å². The smallest absolute Gasteiger partial charge is 0.235 e. The van der Waals surface area contributed by atoms with Crippen molar-refractivity contribution in [1.29, 1.82) is 0 Å². The molecule has 4 heteroatoms. The predicted molar refractivity (Wildman–Crippen MR) is 58.5 cm³/mol. The van der Waals surface area contributed by atoms with E-state index in [1.165, 1.54) is 6.08 Å². The van der Waals surface area contributed by atoms with Crippen molar-refractivity contribution in [2.75, 3.05) is 7.11 Å². The van der Waals surface area contributed by atoms with Gasteiger partial charge in [0.25, 0.3) is 0 Å². The Hall–Kier alpha value is -1.84. The average molecular weight is 207 g/mol. The van der Waals surface area contributed by atoms with E-state index in [9.17, 15) is 10.1 Å². The number of ether oxygens (including phenoxy) is 1. The number of nitrogens with zero attached hydrogens (tertiary/aromatic N) is 1. The van der Waals surface area contributed by atoms with E-state index in [-0.39, 0.29) is 0 Å². The lowest BCUT2D eigenvalue weighted by Crippen LogP contribution is -1.91. The standard InChI is InChI=1S/C11H13NO3/c1-8-6-10(15-3)7-9(2)11(8)4-5-12(13)14/h4-7H,1-3H3. The normalized spacial score (nSPS) is 10.6. The Bertz CT molecular complexity index is 387. The van der Waals surface area contributed by atoms with Crippen LogP contribution >= 0.6 is 0 Å². The number of benzene rings is 1. The highest BCUT2D eigenvalue weighted by Gasteiger charge is 2.03. The van der Waals surface area contributed by atoms with Gasteiger partial charge in [-0.15, -0.1) is 0 Å². The molecule has 0 aliphatic carbocycles. The zero-order chi connectivity index (χ0) is 11.4. The number of hydrogen-bond donors (Lipinski definition) is 0. The van der Waals surface area contributed by atoms with Crippen molar-refractivity contribution >= 4 is 6.08 Å². The van der Waals surface area contributed by atoms with E-state index in [2.05, 4.69) is 0 Å². The number of methoxy groups -OCH3 is 1. The van der Waals surface area contributed by atoms with Gasteiger partial charge < -0.3 is 4.74 Å². The molecular weight excluding hydrogens is 194 g/mol. The van der Waals surface area contributed by atoms with Gasteiger partial charge in [-0.1, -0.05) is 0 Å². The summed E-state index contributed by atoms with van der Waals surface area (Å²) in [7, 11) is 1.60. The van der Waals surface area contributed by atoms with Gasteiger partial charge in [0.2, 0.25) is 6.20 Å². The topological polar surface area (TPSA) is 52.4 Å². The summed E-state index contributed by atoms with van der Waals surface area (Å²) in [5.41, 5.74) is 2.79. The van der Waals surface area contributed by atoms with Crippen LogP contribution in [0.1, 0.15) is 16.7 Å². The molecule has 0 N–H and O–H groups in total. The number of hydrogen-bond acceptors (Lipinski definition) is 3. The van der Waals surface area contributed by atoms with Crippen LogP contribution in [0.4, 0.5) is 0 Å². The first-order chi connectivity index (χ1) is 7.04. The zero-order valence-corrected chi connectivity index (χ0v) is 8.98. The van der Waals surface area contributed by atoms with Crippen molar-refractivity contribution in [3.05, 3.63) is 45.1 Å². The molecule has 0 saturated heterocycles. The van der Waals surface area contributed by atoms with Crippen LogP contribution in [0.15, 0.2) is 18.3 Å². The van der Waals surface area contributed by atoms with Crippen molar-refractivity contribution in [2.45, 2.75) is 13.8 Å². The first-order valence-electron chi connectivity index (χ1n) is 4.51. The Labute approximate surface area is 88.3 Å². The summed E-state index contributed by atoms with van der Waals surface area (Å²) < 4.78 is 5.10. The second-order valence-corrected chi connectivity index (χ2v) is 3.28. The third kappa shape index (κ3) is 2.80.